The van der Waals surface area contributed by atoms with E-state index in [2.05, 4.69) is 5.32 Å². The van der Waals surface area contributed by atoms with E-state index in [-0.39, 0.29) is 24.6 Å². The van der Waals surface area contributed by atoms with Crippen LogP contribution in [0, 0.1) is 0 Å². The van der Waals surface area contributed by atoms with Gasteiger partial charge in [-0.25, -0.2) is 4.79 Å². The second-order valence-electron chi connectivity index (χ2n) is 8.81. The van der Waals surface area contributed by atoms with Crippen molar-refractivity contribution < 1.29 is 23.6 Å². The molecule has 5 amide bonds. The molecule has 0 saturated carbocycles. The summed E-state index contributed by atoms with van der Waals surface area (Å²) in [5.41, 5.74) is 1.29. The molecule has 5 rings (SSSR count). The van der Waals surface area contributed by atoms with E-state index in [9.17, 15) is 19.2 Å². The van der Waals surface area contributed by atoms with E-state index in [4.69, 9.17) is 4.42 Å². The Balaban J connectivity index is 1.45. The monoisotopic (exact) mass is 474 g/mol. The number of nitrogens with one attached hydrogen (secondary N) is 1. The number of carbonyl (C=O) groups is 4. The first-order valence-electron chi connectivity index (χ1n) is 11.8. The number of rotatable bonds is 5. The average molecular weight is 475 g/mol. The largest absolute Gasteiger partial charge is 0.467 e. The normalized spacial score (nSPS) is 18.3. The molecule has 2 aliphatic heterocycles. The summed E-state index contributed by atoms with van der Waals surface area (Å²) < 4.78 is 7.10. The topological polar surface area (TPSA) is 105 Å². The van der Waals surface area contributed by atoms with Crippen molar-refractivity contribution in [2.45, 2.75) is 38.8 Å². The van der Waals surface area contributed by atoms with Crippen LogP contribution in [-0.4, -0.2) is 51.2 Å². The Bertz CT molecular complexity index is 1310. The highest BCUT2D eigenvalue weighted by atomic mass is 16.3. The van der Waals surface area contributed by atoms with Gasteiger partial charge in [0.1, 0.15) is 17.9 Å². The van der Waals surface area contributed by atoms with Crippen LogP contribution in [0.15, 0.2) is 58.8 Å². The number of fused-ring (bicyclic) bond motifs is 1. The molecule has 2 aromatic heterocycles. The van der Waals surface area contributed by atoms with Crippen LogP contribution in [-0.2, 0) is 27.5 Å². The predicted molar refractivity (Wildman–Crippen MR) is 128 cm³/mol. The highest BCUT2D eigenvalue weighted by Crippen LogP contribution is 2.26. The zero-order chi connectivity index (χ0) is 24.4. The molecule has 0 radical (unpaired) electrons. The molecule has 0 atom stereocenters. The molecule has 2 fully saturated rings. The number of furan rings is 1. The van der Waals surface area contributed by atoms with Crippen LogP contribution < -0.4 is 5.32 Å². The van der Waals surface area contributed by atoms with Gasteiger partial charge in [0.25, 0.3) is 11.8 Å². The van der Waals surface area contributed by atoms with Crippen molar-refractivity contribution in [2.24, 2.45) is 0 Å². The highest BCUT2D eigenvalue weighted by molar-refractivity contribution is 6.31. The molecule has 2 saturated heterocycles. The van der Waals surface area contributed by atoms with Crippen LogP contribution in [0.25, 0.3) is 17.0 Å². The number of urea groups is 1. The van der Waals surface area contributed by atoms with Crippen molar-refractivity contribution in [2.75, 3.05) is 13.1 Å². The third kappa shape index (κ3) is 4.62. The molecule has 0 bridgehead atoms. The Hall–Kier alpha value is -4.14. The first-order valence-corrected chi connectivity index (χ1v) is 11.8. The van der Waals surface area contributed by atoms with E-state index >= 15 is 0 Å². The fourth-order valence-corrected chi connectivity index (χ4v) is 4.64. The maximum Gasteiger partial charge on any atom is 0.331 e. The molecule has 3 aromatic rings. The van der Waals surface area contributed by atoms with Gasteiger partial charge in [0.15, 0.2) is 0 Å². The van der Waals surface area contributed by atoms with Crippen molar-refractivity contribution in [1.29, 1.82) is 0 Å². The number of barbiturate groups is 1. The lowest BCUT2D eigenvalue weighted by atomic mass is 10.1. The quantitative estimate of drug-likeness (QED) is 0.451. The van der Waals surface area contributed by atoms with Crippen molar-refractivity contribution in [1.82, 2.24) is 19.7 Å². The first kappa shape index (κ1) is 22.6. The summed E-state index contributed by atoms with van der Waals surface area (Å²) in [4.78, 5) is 53.9. The van der Waals surface area contributed by atoms with E-state index in [1.54, 1.807) is 18.3 Å². The maximum atomic E-state index is 13.1. The number of amides is 5. The van der Waals surface area contributed by atoms with E-state index < -0.39 is 17.8 Å². The smallest absolute Gasteiger partial charge is 0.331 e. The van der Waals surface area contributed by atoms with Crippen molar-refractivity contribution in [3.8, 4) is 0 Å². The molecule has 1 aromatic carbocycles. The van der Waals surface area contributed by atoms with Gasteiger partial charge in [-0.2, -0.15) is 0 Å². The Morgan fingerprint density at radius 3 is 2.51 bits per heavy atom. The number of benzene rings is 1. The van der Waals surface area contributed by atoms with Gasteiger partial charge in [-0.05, 0) is 37.1 Å². The number of imide groups is 2. The van der Waals surface area contributed by atoms with Gasteiger partial charge in [0, 0.05) is 35.8 Å². The van der Waals surface area contributed by atoms with Crippen LogP contribution in [0.1, 0.15) is 37.0 Å². The molecular weight excluding hydrogens is 448 g/mol. The lowest BCUT2D eigenvalue weighted by Gasteiger charge is -2.25. The van der Waals surface area contributed by atoms with Crippen LogP contribution in [0.5, 0.6) is 0 Å². The maximum absolute atomic E-state index is 13.1. The molecule has 4 heterocycles. The predicted octanol–water partition coefficient (Wildman–Crippen LogP) is 3.30. The van der Waals surface area contributed by atoms with Gasteiger partial charge in [-0.15, -0.1) is 0 Å². The zero-order valence-corrected chi connectivity index (χ0v) is 19.2. The lowest BCUT2D eigenvalue weighted by molar-refractivity contribution is -0.132. The number of hydrogen-bond donors (Lipinski definition) is 1. The first-order chi connectivity index (χ1) is 17.0. The number of carbonyl (C=O) groups excluding carboxylic acids is 4. The summed E-state index contributed by atoms with van der Waals surface area (Å²) >= 11 is 0. The molecule has 9 nitrogen and oxygen atoms in total. The highest BCUT2D eigenvalue weighted by Gasteiger charge is 2.36. The van der Waals surface area contributed by atoms with Gasteiger partial charge in [-0.3, -0.25) is 24.6 Å². The average Bonchev–Trinajstić information content (AvgIpc) is 3.38. The fourth-order valence-electron chi connectivity index (χ4n) is 4.64. The summed E-state index contributed by atoms with van der Waals surface area (Å²) in [5.74, 6) is -0.986. The Labute approximate surface area is 202 Å². The molecule has 35 heavy (non-hydrogen) atoms. The van der Waals surface area contributed by atoms with Crippen molar-refractivity contribution >= 4 is 40.7 Å². The molecule has 2 aliphatic rings. The molecule has 0 unspecified atom stereocenters. The molecule has 180 valence electrons. The molecule has 1 N–H and O–H groups in total. The SMILES string of the molecule is O=C1NC(=O)N(Cc2ccco2)C(=O)/C1=C/c1cn(CC(=O)N2CCCCCC2)c2ccccc12. The Morgan fingerprint density at radius 1 is 1.00 bits per heavy atom. The summed E-state index contributed by atoms with van der Waals surface area (Å²) in [7, 11) is 0. The second kappa shape index (κ2) is 9.61. The standard InChI is InChI=1S/C26H26N4O5/c31-23(28-11-5-1-2-6-12-28)17-29-15-18(20-9-3-4-10-22(20)29)14-21-24(32)27-26(34)30(25(21)33)16-19-8-7-13-35-19/h3-4,7-10,13-15H,1-2,5-6,11-12,16-17H2,(H,27,32,34)/b21-14+. The number of aromatic nitrogens is 1. The number of nitrogens with zero attached hydrogens (tertiary/aromatic N) is 3. The third-order valence-corrected chi connectivity index (χ3v) is 6.46. The molecule has 0 aliphatic carbocycles. The van der Waals surface area contributed by atoms with Gasteiger partial charge in [0.2, 0.25) is 5.91 Å². The van der Waals surface area contributed by atoms with Gasteiger partial charge in [-0.1, -0.05) is 31.0 Å². The van der Waals surface area contributed by atoms with E-state index in [1.165, 1.54) is 12.3 Å². The summed E-state index contributed by atoms with van der Waals surface area (Å²) in [6, 6.07) is 10.0. The minimum absolute atomic E-state index is 0.0496. The lowest BCUT2D eigenvalue weighted by Crippen LogP contribution is -2.53. The number of hydrogen-bond acceptors (Lipinski definition) is 5. The van der Waals surface area contributed by atoms with Crippen LogP contribution in [0.3, 0.4) is 0 Å². The number of likely N-dealkylation sites (tertiary alicyclic amines) is 1. The summed E-state index contributed by atoms with van der Waals surface area (Å²) in [6.45, 7) is 1.62. The second-order valence-corrected chi connectivity index (χ2v) is 8.81. The molecule has 0 spiro atoms. The number of para-hydroxylation sites is 1. The van der Waals surface area contributed by atoms with Crippen molar-refractivity contribution in [3.05, 3.63) is 65.8 Å². The summed E-state index contributed by atoms with van der Waals surface area (Å²) in [5, 5.41) is 3.03. The fraction of sp³-hybridized carbons (Fsp3) is 0.308. The Morgan fingerprint density at radius 2 is 1.77 bits per heavy atom. The van der Waals surface area contributed by atoms with Gasteiger partial charge in [0.05, 0.1) is 12.8 Å². The van der Waals surface area contributed by atoms with Crippen molar-refractivity contribution in [3.63, 3.8) is 0 Å². The zero-order valence-electron chi connectivity index (χ0n) is 19.2. The molecule has 9 heteroatoms. The van der Waals surface area contributed by atoms with E-state index in [0.717, 1.165) is 54.6 Å². The summed E-state index contributed by atoms with van der Waals surface area (Å²) in [6.07, 6.45) is 9.02. The minimum atomic E-state index is -0.793. The van der Waals surface area contributed by atoms with E-state index in [0.29, 0.717) is 11.3 Å². The van der Waals surface area contributed by atoms with Crippen LogP contribution >= 0.6 is 0 Å². The third-order valence-electron chi connectivity index (χ3n) is 6.46. The van der Waals surface area contributed by atoms with Crippen LogP contribution in [0.2, 0.25) is 0 Å². The van der Waals surface area contributed by atoms with Gasteiger partial charge >= 0.3 is 6.03 Å². The Kier molecular flexibility index (Phi) is 6.22. The van der Waals surface area contributed by atoms with E-state index in [1.807, 2.05) is 33.7 Å². The van der Waals surface area contributed by atoms with Gasteiger partial charge < -0.3 is 13.9 Å². The van der Waals surface area contributed by atoms with Crippen LogP contribution in [0.4, 0.5) is 4.79 Å². The minimum Gasteiger partial charge on any atom is -0.467 e. The molecular formula is C26H26N4O5.